The fraction of sp³-hybridized carbons (Fsp3) is 0.917. The Balaban J connectivity index is 2.17. The maximum Gasteiger partial charge on any atom is 0.323 e. The summed E-state index contributed by atoms with van der Waals surface area (Å²) in [5.41, 5.74) is 4.59. The Hall–Kier alpha value is -0.650. The Kier molecular flexibility index (Phi) is 5.36. The number of nitrogens with two attached hydrogens (primary N) is 1. The normalized spacial score (nSPS) is 25.5. The fourth-order valence-electron chi connectivity index (χ4n) is 2.01. The standard InChI is InChI=1S/C12H24N2O3/c1-10-9-17-8-7-14(10)6-4-3-5-12(2,13)11(15)16/h10H,3-9,13H2,1-2H3,(H,15,16). The van der Waals surface area contributed by atoms with Crippen LogP contribution in [0.2, 0.25) is 0 Å². The number of carbonyl (C=O) groups is 1. The molecule has 0 radical (unpaired) electrons. The molecular formula is C12H24N2O3. The van der Waals surface area contributed by atoms with E-state index < -0.39 is 11.5 Å². The number of morpholine rings is 1. The largest absolute Gasteiger partial charge is 0.480 e. The van der Waals surface area contributed by atoms with Gasteiger partial charge in [0.05, 0.1) is 13.2 Å². The lowest BCUT2D eigenvalue weighted by Crippen LogP contribution is -2.45. The third kappa shape index (κ3) is 4.61. The molecule has 0 amide bonds. The van der Waals surface area contributed by atoms with Crippen molar-refractivity contribution in [3.05, 3.63) is 0 Å². The average molecular weight is 244 g/mol. The van der Waals surface area contributed by atoms with Crippen molar-refractivity contribution in [3.8, 4) is 0 Å². The van der Waals surface area contributed by atoms with E-state index in [1.54, 1.807) is 6.92 Å². The molecule has 1 aliphatic heterocycles. The van der Waals surface area contributed by atoms with Gasteiger partial charge in [0.2, 0.25) is 0 Å². The molecule has 0 saturated carbocycles. The number of carboxylic acid groups (broad SMARTS) is 1. The summed E-state index contributed by atoms with van der Waals surface area (Å²) in [4.78, 5) is 13.2. The minimum Gasteiger partial charge on any atom is -0.480 e. The summed E-state index contributed by atoms with van der Waals surface area (Å²) in [5.74, 6) is -0.919. The molecular weight excluding hydrogens is 220 g/mol. The Morgan fingerprint density at radius 1 is 1.59 bits per heavy atom. The molecule has 1 rings (SSSR count). The predicted octanol–water partition coefficient (Wildman–Crippen LogP) is 0.679. The van der Waals surface area contributed by atoms with Gasteiger partial charge in [-0.1, -0.05) is 0 Å². The van der Waals surface area contributed by atoms with Crippen molar-refractivity contribution in [1.82, 2.24) is 4.90 Å². The zero-order chi connectivity index (χ0) is 12.9. The monoisotopic (exact) mass is 244 g/mol. The molecule has 2 atom stereocenters. The predicted molar refractivity (Wildman–Crippen MR) is 65.9 cm³/mol. The number of ether oxygens (including phenoxy) is 1. The lowest BCUT2D eigenvalue weighted by Gasteiger charge is -2.33. The number of rotatable bonds is 6. The van der Waals surface area contributed by atoms with Gasteiger partial charge in [-0.15, -0.1) is 0 Å². The number of aliphatic carboxylic acids is 1. The van der Waals surface area contributed by atoms with Crippen molar-refractivity contribution in [2.24, 2.45) is 5.73 Å². The van der Waals surface area contributed by atoms with E-state index >= 15 is 0 Å². The van der Waals surface area contributed by atoms with E-state index in [9.17, 15) is 4.79 Å². The maximum atomic E-state index is 10.8. The van der Waals surface area contributed by atoms with Crippen LogP contribution in [0.5, 0.6) is 0 Å². The molecule has 1 aliphatic rings. The van der Waals surface area contributed by atoms with E-state index in [4.69, 9.17) is 15.6 Å². The molecule has 5 nitrogen and oxygen atoms in total. The smallest absolute Gasteiger partial charge is 0.323 e. The summed E-state index contributed by atoms with van der Waals surface area (Å²) >= 11 is 0. The molecule has 0 aromatic heterocycles. The first-order valence-corrected chi connectivity index (χ1v) is 6.27. The van der Waals surface area contributed by atoms with Crippen LogP contribution in [0.25, 0.3) is 0 Å². The topological polar surface area (TPSA) is 75.8 Å². The van der Waals surface area contributed by atoms with Crippen LogP contribution in [0, 0.1) is 0 Å². The van der Waals surface area contributed by atoms with E-state index in [0.717, 1.165) is 39.1 Å². The van der Waals surface area contributed by atoms with Gasteiger partial charge in [-0.3, -0.25) is 9.69 Å². The van der Waals surface area contributed by atoms with Crippen LogP contribution in [0.3, 0.4) is 0 Å². The maximum absolute atomic E-state index is 10.8. The molecule has 1 saturated heterocycles. The lowest BCUT2D eigenvalue weighted by molar-refractivity contribution is -0.142. The van der Waals surface area contributed by atoms with Gasteiger partial charge >= 0.3 is 5.97 Å². The van der Waals surface area contributed by atoms with Crippen molar-refractivity contribution in [3.63, 3.8) is 0 Å². The van der Waals surface area contributed by atoms with Crippen LogP contribution in [-0.2, 0) is 9.53 Å². The number of hydrogen-bond donors (Lipinski definition) is 2. The van der Waals surface area contributed by atoms with Gasteiger partial charge in [0.25, 0.3) is 0 Å². The summed E-state index contributed by atoms with van der Waals surface area (Å²) in [6, 6.07) is 0.465. The molecule has 1 fully saturated rings. The molecule has 0 aromatic carbocycles. The van der Waals surface area contributed by atoms with Gasteiger partial charge in [-0.25, -0.2) is 0 Å². The van der Waals surface area contributed by atoms with Crippen LogP contribution in [0.15, 0.2) is 0 Å². The summed E-state index contributed by atoms with van der Waals surface area (Å²) in [6.07, 6.45) is 2.37. The van der Waals surface area contributed by atoms with E-state index in [0.29, 0.717) is 12.5 Å². The van der Waals surface area contributed by atoms with Gasteiger partial charge in [0, 0.05) is 12.6 Å². The Bertz CT molecular complexity index is 256. The molecule has 5 heteroatoms. The molecule has 3 N–H and O–H groups in total. The molecule has 0 aliphatic carbocycles. The van der Waals surface area contributed by atoms with Crippen molar-refractivity contribution in [1.29, 1.82) is 0 Å². The highest BCUT2D eigenvalue weighted by atomic mass is 16.5. The van der Waals surface area contributed by atoms with Gasteiger partial charge < -0.3 is 15.6 Å². The third-order valence-corrected chi connectivity index (χ3v) is 3.39. The molecule has 2 unspecified atom stereocenters. The van der Waals surface area contributed by atoms with Gasteiger partial charge in [0.1, 0.15) is 5.54 Å². The number of unbranched alkanes of at least 4 members (excludes halogenated alkanes) is 1. The summed E-state index contributed by atoms with van der Waals surface area (Å²) in [7, 11) is 0. The number of carboxylic acids is 1. The Morgan fingerprint density at radius 2 is 2.29 bits per heavy atom. The molecule has 0 bridgehead atoms. The highest BCUT2D eigenvalue weighted by Crippen LogP contribution is 2.13. The highest BCUT2D eigenvalue weighted by Gasteiger charge is 2.27. The molecule has 0 spiro atoms. The van der Waals surface area contributed by atoms with E-state index in [1.807, 2.05) is 0 Å². The van der Waals surface area contributed by atoms with Gasteiger partial charge in [-0.2, -0.15) is 0 Å². The first-order chi connectivity index (χ1) is 7.93. The number of nitrogens with zero attached hydrogens (tertiary/aromatic N) is 1. The zero-order valence-corrected chi connectivity index (χ0v) is 10.8. The quantitative estimate of drug-likeness (QED) is 0.672. The van der Waals surface area contributed by atoms with Crippen molar-refractivity contribution in [2.75, 3.05) is 26.3 Å². The van der Waals surface area contributed by atoms with Crippen LogP contribution < -0.4 is 5.73 Å². The Morgan fingerprint density at radius 3 is 2.88 bits per heavy atom. The molecule has 100 valence electrons. The average Bonchev–Trinajstić information content (AvgIpc) is 2.26. The number of hydrogen-bond acceptors (Lipinski definition) is 4. The SMILES string of the molecule is CC1COCCN1CCCCC(C)(N)C(=O)O. The van der Waals surface area contributed by atoms with E-state index in [2.05, 4.69) is 11.8 Å². The fourth-order valence-corrected chi connectivity index (χ4v) is 2.01. The summed E-state index contributed by atoms with van der Waals surface area (Å²) in [6.45, 7) is 7.30. The highest BCUT2D eigenvalue weighted by molar-refractivity contribution is 5.77. The summed E-state index contributed by atoms with van der Waals surface area (Å²) in [5, 5.41) is 8.88. The minimum atomic E-state index is -1.09. The van der Waals surface area contributed by atoms with Crippen LogP contribution in [0.1, 0.15) is 33.1 Å². The molecule has 17 heavy (non-hydrogen) atoms. The first-order valence-electron chi connectivity index (χ1n) is 6.27. The van der Waals surface area contributed by atoms with E-state index in [-0.39, 0.29) is 0 Å². The molecule has 0 aromatic rings. The second kappa shape index (κ2) is 6.33. The minimum absolute atomic E-state index is 0.465. The van der Waals surface area contributed by atoms with Crippen molar-refractivity contribution < 1.29 is 14.6 Å². The Labute approximate surface area is 103 Å². The van der Waals surface area contributed by atoms with Gasteiger partial charge in [-0.05, 0) is 39.7 Å². The lowest BCUT2D eigenvalue weighted by atomic mass is 9.96. The zero-order valence-electron chi connectivity index (χ0n) is 10.8. The summed E-state index contributed by atoms with van der Waals surface area (Å²) < 4.78 is 5.36. The third-order valence-electron chi connectivity index (χ3n) is 3.39. The first kappa shape index (κ1) is 14.4. The molecule has 1 heterocycles. The van der Waals surface area contributed by atoms with Crippen LogP contribution in [0.4, 0.5) is 0 Å². The second-order valence-electron chi connectivity index (χ2n) is 5.14. The van der Waals surface area contributed by atoms with Crippen LogP contribution in [-0.4, -0.2) is 53.9 Å². The van der Waals surface area contributed by atoms with Crippen molar-refractivity contribution >= 4 is 5.97 Å². The second-order valence-corrected chi connectivity index (χ2v) is 5.14. The van der Waals surface area contributed by atoms with E-state index in [1.165, 1.54) is 0 Å². The van der Waals surface area contributed by atoms with Crippen LogP contribution >= 0.6 is 0 Å². The van der Waals surface area contributed by atoms with Crippen molar-refractivity contribution in [2.45, 2.75) is 44.7 Å². The van der Waals surface area contributed by atoms with Gasteiger partial charge in [0.15, 0.2) is 0 Å².